The zero-order valence-electron chi connectivity index (χ0n) is 9.03. The second-order valence-corrected chi connectivity index (χ2v) is 4.26. The molecule has 0 aliphatic heterocycles. The van der Waals surface area contributed by atoms with Gasteiger partial charge in [-0.3, -0.25) is 0 Å². The molecule has 18 heavy (non-hydrogen) atoms. The lowest BCUT2D eigenvalue weighted by atomic mass is 10.1. The summed E-state index contributed by atoms with van der Waals surface area (Å²) in [6, 6.07) is 5.10. The number of nitrogens with zero attached hydrogens (tertiary/aromatic N) is 2. The Bertz CT molecular complexity index is 538. The van der Waals surface area contributed by atoms with Crippen molar-refractivity contribution >= 4 is 22.6 Å². The summed E-state index contributed by atoms with van der Waals surface area (Å²) in [6.45, 7) is 0.235. The van der Waals surface area contributed by atoms with Crippen LogP contribution in [-0.4, -0.2) is 9.36 Å². The van der Waals surface area contributed by atoms with Crippen LogP contribution in [0.25, 0.3) is 0 Å². The van der Waals surface area contributed by atoms with Gasteiger partial charge in [-0.1, -0.05) is 12.1 Å². The van der Waals surface area contributed by atoms with Gasteiger partial charge in [0.15, 0.2) is 0 Å². The van der Waals surface area contributed by atoms with Crippen molar-refractivity contribution in [3.05, 3.63) is 35.4 Å². The van der Waals surface area contributed by atoms with Crippen LogP contribution in [0.5, 0.6) is 0 Å². The molecule has 2 aromatic rings. The third-order valence-corrected chi connectivity index (χ3v) is 2.83. The molecule has 1 heterocycles. The molecule has 0 amide bonds. The first-order chi connectivity index (χ1) is 8.45. The Morgan fingerprint density at radius 1 is 1.33 bits per heavy atom. The molecule has 96 valence electrons. The first-order valence-corrected chi connectivity index (χ1v) is 5.72. The Labute approximate surface area is 105 Å². The summed E-state index contributed by atoms with van der Waals surface area (Å²) in [5.74, 6) is 0.145. The van der Waals surface area contributed by atoms with Gasteiger partial charge in [0.1, 0.15) is 0 Å². The standard InChI is InChI=1S/C10H9F3N4S/c11-10(12,13)7-3-1-2-6(4-7)5-15-9-16-8(14)17-18-9/h1-4H,5H2,(H3,14,15,16,17). The van der Waals surface area contributed by atoms with Crippen LogP contribution >= 0.6 is 11.5 Å². The summed E-state index contributed by atoms with van der Waals surface area (Å²) in [6.07, 6.45) is -4.33. The highest BCUT2D eigenvalue weighted by atomic mass is 32.1. The third kappa shape index (κ3) is 3.10. The van der Waals surface area contributed by atoms with E-state index >= 15 is 0 Å². The number of benzene rings is 1. The lowest BCUT2D eigenvalue weighted by Gasteiger charge is -2.08. The number of hydrogen-bond donors (Lipinski definition) is 2. The average Bonchev–Trinajstić information content (AvgIpc) is 2.72. The molecule has 0 spiro atoms. The van der Waals surface area contributed by atoms with Crippen molar-refractivity contribution < 1.29 is 13.2 Å². The molecule has 0 bridgehead atoms. The molecule has 0 atom stereocenters. The predicted octanol–water partition coefficient (Wildman–Crippen LogP) is 2.75. The van der Waals surface area contributed by atoms with Crippen molar-refractivity contribution in [2.75, 3.05) is 11.1 Å². The van der Waals surface area contributed by atoms with E-state index in [0.29, 0.717) is 10.7 Å². The van der Waals surface area contributed by atoms with Gasteiger partial charge in [-0.15, -0.1) is 0 Å². The molecule has 0 saturated carbocycles. The molecule has 0 fully saturated rings. The lowest BCUT2D eigenvalue weighted by molar-refractivity contribution is -0.137. The molecular weight excluding hydrogens is 265 g/mol. The van der Waals surface area contributed by atoms with Gasteiger partial charge >= 0.3 is 6.18 Å². The topological polar surface area (TPSA) is 63.8 Å². The van der Waals surface area contributed by atoms with E-state index in [9.17, 15) is 13.2 Å². The second kappa shape index (κ2) is 4.81. The summed E-state index contributed by atoms with van der Waals surface area (Å²) < 4.78 is 41.2. The molecule has 1 aromatic carbocycles. The third-order valence-electron chi connectivity index (χ3n) is 2.14. The van der Waals surface area contributed by atoms with Crippen LogP contribution in [0.15, 0.2) is 24.3 Å². The van der Waals surface area contributed by atoms with Crippen LogP contribution in [0.2, 0.25) is 0 Å². The zero-order chi connectivity index (χ0) is 13.2. The van der Waals surface area contributed by atoms with Crippen molar-refractivity contribution in [2.45, 2.75) is 12.7 Å². The fourth-order valence-electron chi connectivity index (χ4n) is 1.34. The van der Waals surface area contributed by atoms with Crippen LogP contribution in [0.1, 0.15) is 11.1 Å². The number of nitrogens with two attached hydrogens (primary N) is 1. The van der Waals surface area contributed by atoms with Crippen molar-refractivity contribution in [2.24, 2.45) is 0 Å². The van der Waals surface area contributed by atoms with Gasteiger partial charge in [-0.05, 0) is 17.7 Å². The minimum atomic E-state index is -4.33. The molecule has 0 aliphatic rings. The molecule has 0 unspecified atom stereocenters. The first-order valence-electron chi connectivity index (χ1n) is 4.94. The molecule has 3 N–H and O–H groups in total. The van der Waals surface area contributed by atoms with Gasteiger partial charge < -0.3 is 11.1 Å². The second-order valence-electron chi connectivity index (χ2n) is 3.51. The summed E-state index contributed by atoms with van der Waals surface area (Å²) in [5.41, 5.74) is 5.17. The van der Waals surface area contributed by atoms with E-state index in [2.05, 4.69) is 14.7 Å². The van der Waals surface area contributed by atoms with Crippen molar-refractivity contribution in [1.82, 2.24) is 9.36 Å². The van der Waals surface area contributed by atoms with Gasteiger partial charge in [0.05, 0.1) is 5.56 Å². The molecule has 0 aliphatic carbocycles. The van der Waals surface area contributed by atoms with Crippen LogP contribution in [-0.2, 0) is 12.7 Å². The molecule has 8 heteroatoms. The maximum Gasteiger partial charge on any atom is 0.416 e. The molecule has 0 saturated heterocycles. The molecule has 0 radical (unpaired) electrons. The van der Waals surface area contributed by atoms with Crippen molar-refractivity contribution in [3.63, 3.8) is 0 Å². The number of aromatic nitrogens is 2. The van der Waals surface area contributed by atoms with Crippen LogP contribution < -0.4 is 11.1 Å². The Hall–Kier alpha value is -1.83. The number of anilines is 2. The van der Waals surface area contributed by atoms with E-state index in [4.69, 9.17) is 5.73 Å². The van der Waals surface area contributed by atoms with Crippen molar-refractivity contribution in [3.8, 4) is 0 Å². The van der Waals surface area contributed by atoms with Crippen LogP contribution in [0, 0.1) is 0 Å². The highest BCUT2D eigenvalue weighted by Crippen LogP contribution is 2.29. The number of nitrogens with one attached hydrogen (secondary N) is 1. The van der Waals surface area contributed by atoms with E-state index in [1.165, 1.54) is 6.07 Å². The van der Waals surface area contributed by atoms with Gasteiger partial charge in [0.25, 0.3) is 0 Å². The fraction of sp³-hybridized carbons (Fsp3) is 0.200. The smallest absolute Gasteiger partial charge is 0.367 e. The van der Waals surface area contributed by atoms with E-state index in [1.54, 1.807) is 6.07 Å². The van der Waals surface area contributed by atoms with E-state index in [-0.39, 0.29) is 12.5 Å². The van der Waals surface area contributed by atoms with Crippen LogP contribution in [0.3, 0.4) is 0 Å². The zero-order valence-corrected chi connectivity index (χ0v) is 9.85. The molecule has 2 rings (SSSR count). The maximum absolute atomic E-state index is 12.5. The maximum atomic E-state index is 12.5. The summed E-state index contributed by atoms with van der Waals surface area (Å²) in [7, 11) is 0. The average molecular weight is 274 g/mol. The van der Waals surface area contributed by atoms with Crippen LogP contribution in [0.4, 0.5) is 24.3 Å². The summed E-state index contributed by atoms with van der Waals surface area (Å²) >= 11 is 1.06. The van der Waals surface area contributed by atoms with Gasteiger partial charge in [0, 0.05) is 18.1 Å². The molecule has 1 aromatic heterocycles. The number of rotatable bonds is 3. The van der Waals surface area contributed by atoms with Gasteiger partial charge in [-0.25, -0.2) is 0 Å². The number of nitrogen functional groups attached to an aromatic ring is 1. The lowest BCUT2D eigenvalue weighted by Crippen LogP contribution is -2.06. The number of alkyl halides is 3. The minimum absolute atomic E-state index is 0.145. The fourth-order valence-corrected chi connectivity index (χ4v) is 1.83. The molecular formula is C10H9F3N4S. The van der Waals surface area contributed by atoms with Crippen molar-refractivity contribution in [1.29, 1.82) is 0 Å². The number of hydrogen-bond acceptors (Lipinski definition) is 5. The summed E-state index contributed by atoms with van der Waals surface area (Å²) in [5, 5.41) is 3.33. The van der Waals surface area contributed by atoms with Gasteiger partial charge in [-0.2, -0.15) is 22.5 Å². The normalized spacial score (nSPS) is 11.5. The Balaban J connectivity index is 2.06. The Morgan fingerprint density at radius 3 is 2.72 bits per heavy atom. The summed E-state index contributed by atoms with van der Waals surface area (Å²) in [4.78, 5) is 3.85. The highest BCUT2D eigenvalue weighted by molar-refractivity contribution is 7.09. The Morgan fingerprint density at radius 2 is 2.11 bits per heavy atom. The van der Waals surface area contributed by atoms with E-state index < -0.39 is 11.7 Å². The number of halogens is 3. The largest absolute Gasteiger partial charge is 0.416 e. The Kier molecular flexibility index (Phi) is 3.37. The van der Waals surface area contributed by atoms with Gasteiger partial charge in [0.2, 0.25) is 11.1 Å². The van der Waals surface area contributed by atoms with E-state index in [0.717, 1.165) is 23.7 Å². The monoisotopic (exact) mass is 274 g/mol. The first kappa shape index (κ1) is 12.6. The SMILES string of the molecule is Nc1nsc(NCc2cccc(C(F)(F)F)c2)n1. The molecule has 4 nitrogen and oxygen atoms in total. The predicted molar refractivity (Wildman–Crippen MR) is 63.1 cm³/mol. The highest BCUT2D eigenvalue weighted by Gasteiger charge is 2.30. The minimum Gasteiger partial charge on any atom is -0.367 e. The van der Waals surface area contributed by atoms with E-state index in [1.807, 2.05) is 0 Å². The quantitative estimate of drug-likeness (QED) is 0.903.